The lowest BCUT2D eigenvalue weighted by Gasteiger charge is -2.33. The molecule has 0 spiro atoms. The van der Waals surface area contributed by atoms with Gasteiger partial charge in [0.05, 0.1) is 6.10 Å². The number of β-amino-alcohol motifs (C(OH)–C–C–N with tert-alkyl or cyclic N) is 1. The van der Waals surface area contributed by atoms with Gasteiger partial charge in [-0.25, -0.2) is 0 Å². The Kier molecular flexibility index (Phi) is 4.39. The number of piperidine rings is 1. The van der Waals surface area contributed by atoms with Gasteiger partial charge in [0.25, 0.3) is 0 Å². The first-order valence-corrected chi connectivity index (χ1v) is 7.85. The highest BCUT2D eigenvalue weighted by Gasteiger charge is 2.37. The Morgan fingerprint density at radius 2 is 1.80 bits per heavy atom. The predicted octanol–water partition coefficient (Wildman–Crippen LogP) is 1.82. The van der Waals surface area contributed by atoms with Crippen molar-refractivity contribution in [2.75, 3.05) is 33.2 Å². The van der Waals surface area contributed by atoms with Crippen molar-refractivity contribution in [3.8, 4) is 0 Å². The topological polar surface area (TPSA) is 26.7 Å². The van der Waals surface area contributed by atoms with E-state index < -0.39 is 0 Å². The zero-order valence-corrected chi connectivity index (χ0v) is 12.4. The summed E-state index contributed by atoms with van der Waals surface area (Å²) in [6.45, 7) is 5.25. The zero-order chi connectivity index (χ0) is 13.9. The maximum absolute atomic E-state index is 10.4. The highest BCUT2D eigenvalue weighted by molar-refractivity contribution is 5.14. The second-order valence-electron chi connectivity index (χ2n) is 6.55. The van der Waals surface area contributed by atoms with Crippen LogP contribution >= 0.6 is 0 Å². The average Bonchev–Trinajstić information content (AvgIpc) is 2.81. The number of likely N-dealkylation sites (tertiary alicyclic amines) is 2. The van der Waals surface area contributed by atoms with Gasteiger partial charge in [-0.05, 0) is 44.5 Å². The SMILES string of the molecule is CN1CCC([C@@H]2CN(Cc3ccccc3)CC2O)CC1. The van der Waals surface area contributed by atoms with Gasteiger partial charge in [0, 0.05) is 25.6 Å². The quantitative estimate of drug-likeness (QED) is 0.911. The van der Waals surface area contributed by atoms with Gasteiger partial charge in [-0.15, -0.1) is 0 Å². The second kappa shape index (κ2) is 6.25. The Balaban J connectivity index is 1.56. The second-order valence-corrected chi connectivity index (χ2v) is 6.55. The molecule has 0 radical (unpaired) electrons. The molecule has 1 aromatic rings. The lowest BCUT2D eigenvalue weighted by Crippen LogP contribution is -2.37. The number of nitrogens with zero attached hydrogens (tertiary/aromatic N) is 2. The maximum Gasteiger partial charge on any atom is 0.0710 e. The van der Waals surface area contributed by atoms with Crippen LogP contribution in [0, 0.1) is 11.8 Å². The van der Waals surface area contributed by atoms with E-state index in [9.17, 15) is 5.11 Å². The fraction of sp³-hybridized carbons (Fsp3) is 0.647. The van der Waals surface area contributed by atoms with Crippen molar-refractivity contribution < 1.29 is 5.11 Å². The highest BCUT2D eigenvalue weighted by atomic mass is 16.3. The molecule has 1 aromatic carbocycles. The molecule has 2 saturated heterocycles. The van der Waals surface area contributed by atoms with Crippen LogP contribution in [0.1, 0.15) is 18.4 Å². The van der Waals surface area contributed by atoms with E-state index >= 15 is 0 Å². The largest absolute Gasteiger partial charge is 0.391 e. The molecule has 2 aliphatic rings. The Morgan fingerprint density at radius 3 is 2.50 bits per heavy atom. The molecule has 2 heterocycles. The molecule has 0 saturated carbocycles. The van der Waals surface area contributed by atoms with Crippen molar-refractivity contribution in [1.82, 2.24) is 9.80 Å². The minimum absolute atomic E-state index is 0.132. The predicted molar refractivity (Wildman–Crippen MR) is 81.4 cm³/mol. The molecule has 110 valence electrons. The first kappa shape index (κ1) is 14.1. The normalized spacial score (nSPS) is 29.9. The monoisotopic (exact) mass is 274 g/mol. The van der Waals surface area contributed by atoms with Gasteiger partial charge in [0.2, 0.25) is 0 Å². The van der Waals surface area contributed by atoms with Crippen LogP contribution in [0.15, 0.2) is 30.3 Å². The summed E-state index contributed by atoms with van der Waals surface area (Å²) in [6.07, 6.45) is 2.36. The molecule has 2 aliphatic heterocycles. The molecule has 20 heavy (non-hydrogen) atoms. The molecule has 2 fully saturated rings. The molecular formula is C17H26N2O. The van der Waals surface area contributed by atoms with Crippen molar-refractivity contribution in [3.05, 3.63) is 35.9 Å². The standard InChI is InChI=1S/C17H26N2O/c1-18-9-7-15(8-10-18)16-12-19(13-17(16)20)11-14-5-3-2-4-6-14/h2-6,15-17,20H,7-13H2,1H3/t16-,17?/m0/s1. The van der Waals surface area contributed by atoms with E-state index in [4.69, 9.17) is 0 Å². The lowest BCUT2D eigenvalue weighted by atomic mass is 9.82. The summed E-state index contributed by atoms with van der Waals surface area (Å²) in [6, 6.07) is 10.6. The van der Waals surface area contributed by atoms with Gasteiger partial charge >= 0.3 is 0 Å². The van der Waals surface area contributed by atoms with Crippen LogP contribution in [-0.4, -0.2) is 54.2 Å². The van der Waals surface area contributed by atoms with Gasteiger partial charge in [-0.2, -0.15) is 0 Å². The third-order valence-electron chi connectivity index (χ3n) is 5.03. The zero-order valence-electron chi connectivity index (χ0n) is 12.4. The van der Waals surface area contributed by atoms with Gasteiger partial charge in [0.1, 0.15) is 0 Å². The molecule has 3 rings (SSSR count). The summed E-state index contributed by atoms with van der Waals surface area (Å²) in [5.74, 6) is 1.19. The molecule has 0 aliphatic carbocycles. The molecule has 0 aromatic heterocycles. The summed E-state index contributed by atoms with van der Waals surface area (Å²) in [4.78, 5) is 4.82. The lowest BCUT2D eigenvalue weighted by molar-refractivity contribution is 0.0816. The first-order chi connectivity index (χ1) is 9.72. The molecular weight excluding hydrogens is 248 g/mol. The third-order valence-corrected chi connectivity index (χ3v) is 5.03. The Labute approximate surface area is 122 Å². The van der Waals surface area contributed by atoms with E-state index in [-0.39, 0.29) is 6.10 Å². The van der Waals surface area contributed by atoms with E-state index in [0.29, 0.717) is 11.8 Å². The van der Waals surface area contributed by atoms with Crippen molar-refractivity contribution in [2.45, 2.75) is 25.5 Å². The van der Waals surface area contributed by atoms with Crippen LogP contribution in [0.4, 0.5) is 0 Å². The van der Waals surface area contributed by atoms with Crippen molar-refractivity contribution >= 4 is 0 Å². The summed E-state index contributed by atoms with van der Waals surface area (Å²) >= 11 is 0. The number of hydrogen-bond acceptors (Lipinski definition) is 3. The van der Waals surface area contributed by atoms with Crippen molar-refractivity contribution in [3.63, 3.8) is 0 Å². The van der Waals surface area contributed by atoms with E-state index in [2.05, 4.69) is 47.2 Å². The Bertz CT molecular complexity index is 414. The Hall–Kier alpha value is -0.900. The van der Waals surface area contributed by atoms with Gasteiger partial charge in [-0.1, -0.05) is 30.3 Å². The van der Waals surface area contributed by atoms with E-state index in [0.717, 1.165) is 19.6 Å². The highest BCUT2D eigenvalue weighted by Crippen LogP contribution is 2.32. The number of benzene rings is 1. The molecule has 0 amide bonds. The molecule has 3 heteroatoms. The summed E-state index contributed by atoms with van der Waals surface area (Å²) in [5.41, 5.74) is 1.35. The van der Waals surface area contributed by atoms with Crippen LogP contribution in [0.5, 0.6) is 0 Å². The molecule has 1 unspecified atom stereocenters. The smallest absolute Gasteiger partial charge is 0.0710 e. The summed E-state index contributed by atoms with van der Waals surface area (Å²) in [7, 11) is 2.20. The van der Waals surface area contributed by atoms with Crippen LogP contribution in [0.3, 0.4) is 0 Å². The van der Waals surface area contributed by atoms with Crippen LogP contribution in [-0.2, 0) is 6.54 Å². The van der Waals surface area contributed by atoms with Crippen LogP contribution in [0.2, 0.25) is 0 Å². The minimum Gasteiger partial charge on any atom is -0.391 e. The van der Waals surface area contributed by atoms with Gasteiger partial charge in [-0.3, -0.25) is 4.90 Å². The molecule has 0 bridgehead atoms. The number of aliphatic hydroxyl groups is 1. The third kappa shape index (κ3) is 3.22. The van der Waals surface area contributed by atoms with Crippen LogP contribution in [0.25, 0.3) is 0 Å². The number of aliphatic hydroxyl groups excluding tert-OH is 1. The fourth-order valence-corrected chi connectivity index (χ4v) is 3.78. The van der Waals surface area contributed by atoms with Crippen molar-refractivity contribution in [2.24, 2.45) is 11.8 Å². The molecule has 1 N–H and O–H groups in total. The van der Waals surface area contributed by atoms with Crippen molar-refractivity contribution in [1.29, 1.82) is 0 Å². The number of hydrogen-bond donors (Lipinski definition) is 1. The van der Waals surface area contributed by atoms with Crippen LogP contribution < -0.4 is 0 Å². The number of rotatable bonds is 3. The van der Waals surface area contributed by atoms with E-state index in [1.54, 1.807) is 0 Å². The van der Waals surface area contributed by atoms with E-state index in [1.165, 1.54) is 31.5 Å². The average molecular weight is 274 g/mol. The first-order valence-electron chi connectivity index (χ1n) is 7.85. The fourth-order valence-electron chi connectivity index (χ4n) is 3.78. The molecule has 2 atom stereocenters. The van der Waals surface area contributed by atoms with Gasteiger partial charge in [0.15, 0.2) is 0 Å². The summed E-state index contributed by atoms with van der Waals surface area (Å²) in [5, 5.41) is 10.4. The Morgan fingerprint density at radius 1 is 1.10 bits per heavy atom. The maximum atomic E-state index is 10.4. The van der Waals surface area contributed by atoms with Gasteiger partial charge < -0.3 is 10.0 Å². The molecule has 3 nitrogen and oxygen atoms in total. The van der Waals surface area contributed by atoms with E-state index in [1.807, 2.05) is 0 Å². The summed E-state index contributed by atoms with van der Waals surface area (Å²) < 4.78 is 0. The minimum atomic E-state index is -0.132.